The van der Waals surface area contributed by atoms with Gasteiger partial charge in [-0.1, -0.05) is 23.3 Å². The van der Waals surface area contributed by atoms with Crippen molar-refractivity contribution in [1.29, 1.82) is 0 Å². The maximum absolute atomic E-state index is 12.5. The van der Waals surface area contributed by atoms with E-state index in [1.165, 1.54) is 12.1 Å². The second-order valence-corrected chi connectivity index (χ2v) is 8.08. The first-order valence-corrected chi connectivity index (χ1v) is 9.88. The standard InChI is InChI=1S/C19H21N3O3S/c1-13-9-14(2)11-15(10-13)19(23)21-16-5-3-6-17(12-16)26(24,25)22-18-7-4-8-20-18/h3,5-6,9-12H,4,7-8H2,1-2H3,(H,20,22)(H,21,23). The minimum Gasteiger partial charge on any atom is -0.322 e. The second-order valence-electron chi connectivity index (χ2n) is 6.40. The molecule has 1 aliphatic heterocycles. The summed E-state index contributed by atoms with van der Waals surface area (Å²) in [5, 5.41) is 2.76. The Morgan fingerprint density at radius 1 is 1.08 bits per heavy atom. The summed E-state index contributed by atoms with van der Waals surface area (Å²) in [6.07, 6.45) is 1.48. The molecular formula is C19H21N3O3S. The number of hydrogen-bond donors (Lipinski definition) is 2. The van der Waals surface area contributed by atoms with Crippen LogP contribution in [0.5, 0.6) is 0 Å². The van der Waals surface area contributed by atoms with Crippen molar-refractivity contribution in [3.8, 4) is 0 Å². The Kier molecular flexibility index (Phi) is 5.08. The molecule has 1 heterocycles. The van der Waals surface area contributed by atoms with Crippen LogP contribution in [0, 0.1) is 13.8 Å². The zero-order valence-electron chi connectivity index (χ0n) is 14.7. The third-order valence-corrected chi connectivity index (χ3v) is 5.39. The molecule has 0 unspecified atom stereocenters. The van der Waals surface area contributed by atoms with E-state index >= 15 is 0 Å². The minimum absolute atomic E-state index is 0.0883. The fourth-order valence-electron chi connectivity index (χ4n) is 2.89. The number of nitrogens with zero attached hydrogens (tertiary/aromatic N) is 1. The SMILES string of the molecule is Cc1cc(C)cc(C(=O)Nc2cccc(S(=O)(=O)NC3=NCCC3)c2)c1. The summed E-state index contributed by atoms with van der Waals surface area (Å²) in [5.41, 5.74) is 2.95. The molecule has 0 aromatic heterocycles. The molecular weight excluding hydrogens is 350 g/mol. The lowest BCUT2D eigenvalue weighted by Gasteiger charge is -2.10. The lowest BCUT2D eigenvalue weighted by Crippen LogP contribution is -2.29. The van der Waals surface area contributed by atoms with E-state index in [4.69, 9.17) is 0 Å². The molecule has 2 aromatic carbocycles. The molecule has 2 N–H and O–H groups in total. The third-order valence-electron chi connectivity index (χ3n) is 4.01. The van der Waals surface area contributed by atoms with Gasteiger partial charge in [-0.05, 0) is 50.6 Å². The van der Waals surface area contributed by atoms with Gasteiger partial charge < -0.3 is 5.32 Å². The number of anilines is 1. The van der Waals surface area contributed by atoms with Gasteiger partial charge in [0.1, 0.15) is 5.84 Å². The van der Waals surface area contributed by atoms with E-state index in [0.29, 0.717) is 30.1 Å². The van der Waals surface area contributed by atoms with E-state index in [2.05, 4.69) is 15.0 Å². The highest BCUT2D eigenvalue weighted by Crippen LogP contribution is 2.18. The summed E-state index contributed by atoms with van der Waals surface area (Å²) in [5.74, 6) is 0.203. The van der Waals surface area contributed by atoms with Gasteiger partial charge in [0, 0.05) is 24.2 Å². The minimum atomic E-state index is -3.71. The number of aliphatic imine (C=N–C) groups is 1. The Bertz CT molecular complexity index is 961. The van der Waals surface area contributed by atoms with Crippen molar-refractivity contribution in [1.82, 2.24) is 4.72 Å². The van der Waals surface area contributed by atoms with Crippen LogP contribution in [0.1, 0.15) is 34.3 Å². The molecule has 3 rings (SSSR count). The highest BCUT2D eigenvalue weighted by molar-refractivity contribution is 7.90. The number of aryl methyl sites for hydroxylation is 2. The fourth-order valence-corrected chi connectivity index (χ4v) is 4.02. The van der Waals surface area contributed by atoms with Crippen molar-refractivity contribution in [3.05, 3.63) is 59.2 Å². The van der Waals surface area contributed by atoms with E-state index in [9.17, 15) is 13.2 Å². The van der Waals surface area contributed by atoms with Crippen LogP contribution in [0.4, 0.5) is 5.69 Å². The summed E-state index contributed by atoms with van der Waals surface area (Å²) in [7, 11) is -3.71. The zero-order valence-corrected chi connectivity index (χ0v) is 15.6. The molecule has 2 aromatic rings. The van der Waals surface area contributed by atoms with Gasteiger partial charge in [-0.25, -0.2) is 8.42 Å². The van der Waals surface area contributed by atoms with Gasteiger partial charge in [-0.15, -0.1) is 0 Å². The van der Waals surface area contributed by atoms with Crippen molar-refractivity contribution < 1.29 is 13.2 Å². The molecule has 0 bridgehead atoms. The van der Waals surface area contributed by atoms with Crippen LogP contribution in [0.3, 0.4) is 0 Å². The molecule has 0 atom stereocenters. The number of amides is 1. The van der Waals surface area contributed by atoms with Crippen LogP contribution in [-0.2, 0) is 10.0 Å². The Morgan fingerprint density at radius 3 is 2.46 bits per heavy atom. The van der Waals surface area contributed by atoms with Crippen molar-refractivity contribution in [2.45, 2.75) is 31.6 Å². The van der Waals surface area contributed by atoms with Crippen LogP contribution >= 0.6 is 0 Å². The monoisotopic (exact) mass is 371 g/mol. The Labute approximate surface area is 153 Å². The van der Waals surface area contributed by atoms with E-state index in [0.717, 1.165) is 17.5 Å². The molecule has 136 valence electrons. The first-order valence-electron chi connectivity index (χ1n) is 8.39. The molecule has 1 aliphatic rings. The Hall–Kier alpha value is -2.67. The van der Waals surface area contributed by atoms with Gasteiger partial charge in [-0.2, -0.15) is 0 Å². The smallest absolute Gasteiger partial charge is 0.262 e. The third kappa shape index (κ3) is 4.29. The quantitative estimate of drug-likeness (QED) is 0.866. The maximum Gasteiger partial charge on any atom is 0.262 e. The van der Waals surface area contributed by atoms with Gasteiger partial charge >= 0.3 is 0 Å². The Morgan fingerprint density at radius 2 is 1.81 bits per heavy atom. The second kappa shape index (κ2) is 7.29. The summed E-state index contributed by atoms with van der Waals surface area (Å²) >= 11 is 0. The highest BCUT2D eigenvalue weighted by Gasteiger charge is 2.19. The normalized spacial score (nSPS) is 14.0. The average molecular weight is 371 g/mol. The number of carbonyl (C=O) groups is 1. The van der Waals surface area contributed by atoms with Gasteiger partial charge in [0.2, 0.25) is 0 Å². The summed E-state index contributed by atoms with van der Waals surface area (Å²) in [4.78, 5) is 16.7. The zero-order chi connectivity index (χ0) is 18.7. The molecule has 6 nitrogen and oxygen atoms in total. The molecule has 0 radical (unpaired) electrons. The van der Waals surface area contributed by atoms with Gasteiger partial charge in [0.25, 0.3) is 15.9 Å². The summed E-state index contributed by atoms with van der Waals surface area (Å²) in [6.45, 7) is 4.49. The molecule has 0 spiro atoms. The fraction of sp³-hybridized carbons (Fsp3) is 0.263. The summed E-state index contributed by atoms with van der Waals surface area (Å²) in [6, 6.07) is 11.8. The molecule has 0 fully saturated rings. The van der Waals surface area contributed by atoms with E-state index in [1.54, 1.807) is 24.3 Å². The molecule has 0 saturated carbocycles. The number of carbonyl (C=O) groups excluding carboxylic acids is 1. The Balaban J connectivity index is 1.79. The van der Waals surface area contributed by atoms with Crippen LogP contribution in [-0.4, -0.2) is 26.7 Å². The number of nitrogens with one attached hydrogen (secondary N) is 2. The molecule has 7 heteroatoms. The van der Waals surface area contributed by atoms with Crippen LogP contribution in [0.2, 0.25) is 0 Å². The van der Waals surface area contributed by atoms with E-state index in [-0.39, 0.29) is 10.8 Å². The van der Waals surface area contributed by atoms with Crippen molar-refractivity contribution in [2.24, 2.45) is 4.99 Å². The van der Waals surface area contributed by atoms with Crippen LogP contribution in [0.15, 0.2) is 52.4 Å². The van der Waals surface area contributed by atoms with E-state index < -0.39 is 10.0 Å². The average Bonchev–Trinajstić information content (AvgIpc) is 3.06. The van der Waals surface area contributed by atoms with E-state index in [1.807, 2.05) is 19.9 Å². The van der Waals surface area contributed by atoms with Gasteiger partial charge in [0.05, 0.1) is 4.90 Å². The molecule has 0 aliphatic carbocycles. The maximum atomic E-state index is 12.5. The van der Waals surface area contributed by atoms with Crippen molar-refractivity contribution >= 4 is 27.5 Å². The lowest BCUT2D eigenvalue weighted by molar-refractivity contribution is 0.102. The molecule has 0 saturated heterocycles. The van der Waals surface area contributed by atoms with Gasteiger partial charge in [0.15, 0.2) is 0 Å². The number of rotatable bonds is 4. The first-order chi connectivity index (χ1) is 12.3. The number of hydrogen-bond acceptors (Lipinski definition) is 4. The number of amidine groups is 1. The topological polar surface area (TPSA) is 87.6 Å². The summed E-state index contributed by atoms with van der Waals surface area (Å²) < 4.78 is 27.5. The number of benzene rings is 2. The largest absolute Gasteiger partial charge is 0.322 e. The lowest BCUT2D eigenvalue weighted by atomic mass is 10.1. The predicted molar refractivity (Wildman–Crippen MR) is 102 cm³/mol. The molecule has 26 heavy (non-hydrogen) atoms. The van der Waals surface area contributed by atoms with Crippen LogP contribution < -0.4 is 10.0 Å². The predicted octanol–water partition coefficient (Wildman–Crippen LogP) is 3.03. The highest BCUT2D eigenvalue weighted by atomic mass is 32.2. The van der Waals surface area contributed by atoms with Crippen molar-refractivity contribution in [2.75, 3.05) is 11.9 Å². The van der Waals surface area contributed by atoms with Crippen molar-refractivity contribution in [3.63, 3.8) is 0 Å². The first kappa shape index (κ1) is 18.1. The van der Waals surface area contributed by atoms with Gasteiger partial charge in [-0.3, -0.25) is 14.5 Å². The molecule has 1 amide bonds. The van der Waals surface area contributed by atoms with Crippen LogP contribution in [0.25, 0.3) is 0 Å². The number of sulfonamides is 1.